The number of carbonyl (C=O) groups is 2. The van der Waals surface area contributed by atoms with Gasteiger partial charge in [-0.2, -0.15) is 0 Å². The van der Waals surface area contributed by atoms with E-state index in [1.807, 2.05) is 13.8 Å². The molecule has 2 N–H and O–H groups in total. The zero-order valence-electron chi connectivity index (χ0n) is 20.7. The smallest absolute Gasteiger partial charge is 0.326 e. The second-order valence-electron chi connectivity index (χ2n) is 9.88. The predicted molar refractivity (Wildman–Crippen MR) is 136 cm³/mol. The third kappa shape index (κ3) is 7.32. The molecule has 0 saturated heterocycles. The van der Waals surface area contributed by atoms with Crippen molar-refractivity contribution in [3.8, 4) is 17.6 Å². The number of allylic oxidation sites excluding steroid dienone is 1. The fourth-order valence-corrected chi connectivity index (χ4v) is 4.80. The van der Waals surface area contributed by atoms with Crippen molar-refractivity contribution in [2.45, 2.75) is 58.9 Å². The molecule has 5 nitrogen and oxygen atoms in total. The lowest BCUT2D eigenvalue weighted by Crippen LogP contribution is -2.41. The fourth-order valence-electron chi connectivity index (χ4n) is 4.80. The van der Waals surface area contributed by atoms with E-state index in [1.54, 1.807) is 12.1 Å². The Kier molecular flexibility index (Phi) is 8.92. The van der Waals surface area contributed by atoms with Crippen molar-refractivity contribution in [3.63, 3.8) is 0 Å². The number of amides is 1. The lowest BCUT2D eigenvalue weighted by atomic mass is 9.77. The first-order chi connectivity index (χ1) is 16.6. The zero-order chi connectivity index (χ0) is 25.5. The summed E-state index contributed by atoms with van der Waals surface area (Å²) in [5.74, 6) is 5.25. The normalized spacial score (nSPS) is 18.6. The van der Waals surface area contributed by atoms with E-state index in [0.29, 0.717) is 35.4 Å². The Labute approximate surface area is 206 Å². The Hall–Kier alpha value is -3.33. The van der Waals surface area contributed by atoms with Gasteiger partial charge >= 0.3 is 5.97 Å². The number of aliphatic carboxylic acids is 1. The third-order valence-electron chi connectivity index (χ3n) is 6.27. The molecule has 3 atom stereocenters. The van der Waals surface area contributed by atoms with E-state index in [1.165, 1.54) is 23.8 Å². The molecule has 2 unspecified atom stereocenters. The summed E-state index contributed by atoms with van der Waals surface area (Å²) in [6, 6.07) is 6.36. The van der Waals surface area contributed by atoms with Gasteiger partial charge in [-0.1, -0.05) is 50.8 Å². The molecule has 0 aliphatic heterocycles. The van der Waals surface area contributed by atoms with Crippen molar-refractivity contribution in [2.75, 3.05) is 6.61 Å². The van der Waals surface area contributed by atoms with Crippen LogP contribution in [-0.2, 0) is 4.79 Å². The largest absolute Gasteiger partial charge is 0.480 e. The average Bonchev–Trinajstić information content (AvgIpc) is 2.78. The van der Waals surface area contributed by atoms with Gasteiger partial charge in [0.1, 0.15) is 24.2 Å². The Balaban J connectivity index is 1.80. The van der Waals surface area contributed by atoms with E-state index in [0.717, 1.165) is 19.3 Å². The van der Waals surface area contributed by atoms with E-state index < -0.39 is 23.7 Å². The number of carboxylic acid groups (broad SMARTS) is 1. The maximum atomic E-state index is 13.8. The third-order valence-corrected chi connectivity index (χ3v) is 6.27. The van der Waals surface area contributed by atoms with Crippen molar-refractivity contribution in [2.24, 2.45) is 17.8 Å². The molecule has 1 saturated carbocycles. The molecule has 0 aromatic heterocycles. The highest BCUT2D eigenvalue weighted by Gasteiger charge is 2.27. The van der Waals surface area contributed by atoms with Crippen LogP contribution in [0.4, 0.5) is 4.39 Å². The van der Waals surface area contributed by atoms with Crippen molar-refractivity contribution < 1.29 is 23.8 Å². The summed E-state index contributed by atoms with van der Waals surface area (Å²) in [5, 5.41) is 13.6. The molecule has 0 bridgehead atoms. The van der Waals surface area contributed by atoms with Gasteiger partial charge < -0.3 is 15.2 Å². The van der Waals surface area contributed by atoms with Gasteiger partial charge in [0, 0.05) is 11.3 Å². The van der Waals surface area contributed by atoms with Crippen LogP contribution in [0.5, 0.6) is 5.75 Å². The number of ether oxygens (including phenoxy) is 1. The first kappa shape index (κ1) is 26.3. The van der Waals surface area contributed by atoms with Gasteiger partial charge in [-0.25, -0.2) is 9.18 Å². The van der Waals surface area contributed by atoms with Crippen molar-refractivity contribution in [3.05, 3.63) is 53.9 Å². The van der Waals surface area contributed by atoms with Gasteiger partial charge in [0.2, 0.25) is 0 Å². The molecule has 6 heteroatoms. The predicted octanol–water partition coefficient (Wildman–Crippen LogP) is 5.97. The average molecular weight is 480 g/mol. The quantitative estimate of drug-likeness (QED) is 0.361. The van der Waals surface area contributed by atoms with Crippen LogP contribution in [0, 0.1) is 35.4 Å². The minimum absolute atomic E-state index is 0.0566. The number of halogens is 1. The molecule has 0 spiro atoms. The maximum absolute atomic E-state index is 13.8. The summed E-state index contributed by atoms with van der Waals surface area (Å²) >= 11 is 0. The second-order valence-corrected chi connectivity index (χ2v) is 9.88. The standard InChI is InChI=1S/C29H34FNO4/c1-18(2)6-5-13-35-27-24-11-9-23(30)17-22(24)8-10-25(27)28(32)31-26(29(33)34)12-7-21-15-19(3)14-20(4)16-21/h8-11,17-18,20-21,26H,3,7,12-16H2,1-2,4H3,(H,31,32)(H,33,34)/t20?,21?,26-/m0/s1. The molecular formula is C29H34FNO4. The van der Waals surface area contributed by atoms with Gasteiger partial charge in [0.25, 0.3) is 5.91 Å². The monoisotopic (exact) mass is 479 g/mol. The highest BCUT2D eigenvalue weighted by molar-refractivity contribution is 6.04. The van der Waals surface area contributed by atoms with E-state index in [9.17, 15) is 19.1 Å². The molecule has 0 radical (unpaired) electrons. The summed E-state index contributed by atoms with van der Waals surface area (Å²) < 4.78 is 19.6. The summed E-state index contributed by atoms with van der Waals surface area (Å²) in [4.78, 5) is 25.2. The molecule has 2 aromatic rings. The lowest BCUT2D eigenvalue weighted by Gasteiger charge is -2.29. The molecule has 1 aliphatic carbocycles. The lowest BCUT2D eigenvalue weighted by molar-refractivity contribution is -0.139. The molecule has 3 rings (SSSR count). The minimum atomic E-state index is -1.07. The van der Waals surface area contributed by atoms with E-state index >= 15 is 0 Å². The van der Waals surface area contributed by atoms with Crippen molar-refractivity contribution >= 4 is 22.6 Å². The van der Waals surface area contributed by atoms with Crippen LogP contribution < -0.4 is 10.1 Å². The SMILES string of the molecule is C=C1CC(C)CC(CC[C@H](NC(=O)c2ccc3cc(F)ccc3c2OCC#CC(C)C)C(=O)O)C1. The maximum Gasteiger partial charge on any atom is 0.326 e. The van der Waals surface area contributed by atoms with Gasteiger partial charge in [-0.15, -0.1) is 0 Å². The number of carbonyl (C=O) groups excluding carboxylic acids is 1. The number of benzene rings is 2. The highest BCUT2D eigenvalue weighted by atomic mass is 19.1. The Morgan fingerprint density at radius 1 is 1.26 bits per heavy atom. The van der Waals surface area contributed by atoms with Crippen LogP contribution in [0.15, 0.2) is 42.5 Å². The van der Waals surface area contributed by atoms with Crippen LogP contribution in [-0.4, -0.2) is 29.6 Å². The van der Waals surface area contributed by atoms with Crippen molar-refractivity contribution in [1.29, 1.82) is 0 Å². The number of rotatable bonds is 8. The molecule has 35 heavy (non-hydrogen) atoms. The topological polar surface area (TPSA) is 75.6 Å². The van der Waals surface area contributed by atoms with E-state index in [-0.39, 0.29) is 23.8 Å². The molecular weight excluding hydrogens is 445 g/mol. The minimum Gasteiger partial charge on any atom is -0.480 e. The van der Waals surface area contributed by atoms with Crippen LogP contribution >= 0.6 is 0 Å². The molecule has 1 amide bonds. The van der Waals surface area contributed by atoms with E-state index in [2.05, 4.69) is 30.7 Å². The highest BCUT2D eigenvalue weighted by Crippen LogP contribution is 2.35. The Morgan fingerprint density at radius 3 is 2.71 bits per heavy atom. The number of nitrogens with one attached hydrogen (secondary N) is 1. The summed E-state index contributed by atoms with van der Waals surface area (Å²) in [5.41, 5.74) is 1.40. The number of fused-ring (bicyclic) bond motifs is 1. The number of hydrogen-bond acceptors (Lipinski definition) is 3. The van der Waals surface area contributed by atoms with Crippen LogP contribution in [0.2, 0.25) is 0 Å². The van der Waals surface area contributed by atoms with Gasteiger partial charge in [-0.05, 0) is 73.6 Å². The van der Waals surface area contributed by atoms with Crippen LogP contribution in [0.25, 0.3) is 10.8 Å². The summed E-state index contributed by atoms with van der Waals surface area (Å²) in [6.07, 6.45) is 4.00. The molecule has 0 heterocycles. The second kappa shape index (κ2) is 11.9. The zero-order valence-corrected chi connectivity index (χ0v) is 20.7. The van der Waals surface area contributed by atoms with E-state index in [4.69, 9.17) is 4.74 Å². The number of carboxylic acids is 1. The fraction of sp³-hybridized carbons (Fsp3) is 0.448. The molecule has 2 aromatic carbocycles. The van der Waals surface area contributed by atoms with Gasteiger partial charge in [0.05, 0.1) is 5.56 Å². The first-order valence-electron chi connectivity index (χ1n) is 12.2. The molecule has 1 aliphatic rings. The Bertz CT molecular complexity index is 1160. The summed E-state index contributed by atoms with van der Waals surface area (Å²) in [6.45, 7) is 10.3. The van der Waals surface area contributed by atoms with Gasteiger partial charge in [0.15, 0.2) is 0 Å². The Morgan fingerprint density at radius 2 is 2.03 bits per heavy atom. The van der Waals surface area contributed by atoms with Gasteiger partial charge in [-0.3, -0.25) is 4.79 Å². The van der Waals surface area contributed by atoms with Crippen LogP contribution in [0.1, 0.15) is 63.2 Å². The number of hydrogen-bond donors (Lipinski definition) is 2. The molecule has 186 valence electrons. The van der Waals surface area contributed by atoms with Crippen LogP contribution in [0.3, 0.4) is 0 Å². The summed E-state index contributed by atoms with van der Waals surface area (Å²) in [7, 11) is 0. The van der Waals surface area contributed by atoms with Crippen molar-refractivity contribution in [1.82, 2.24) is 5.32 Å². The first-order valence-corrected chi connectivity index (χ1v) is 12.2. The molecule has 1 fully saturated rings.